The smallest absolute Gasteiger partial charge is 0.254 e. The zero-order chi connectivity index (χ0) is 20.7. The number of fused-ring (bicyclic) bond motifs is 1. The van der Waals surface area contributed by atoms with Crippen LogP contribution in [0, 0.1) is 11.7 Å². The van der Waals surface area contributed by atoms with E-state index in [0.717, 1.165) is 35.1 Å². The predicted octanol–water partition coefficient (Wildman–Crippen LogP) is 4.12. The summed E-state index contributed by atoms with van der Waals surface area (Å²) in [5.74, 6) is -0.0256. The molecule has 4 heterocycles. The first-order chi connectivity index (χ1) is 14.6. The molecule has 1 amide bonds. The number of nitrogens with zero attached hydrogens (tertiary/aromatic N) is 4. The van der Waals surface area contributed by atoms with Crippen molar-refractivity contribution in [2.75, 3.05) is 6.54 Å². The maximum Gasteiger partial charge on any atom is 0.254 e. The first kappa shape index (κ1) is 18.5. The largest absolute Gasteiger partial charge is 0.336 e. The summed E-state index contributed by atoms with van der Waals surface area (Å²) in [5, 5.41) is 7.91. The first-order valence-electron chi connectivity index (χ1n) is 10.1. The molecule has 1 saturated heterocycles. The number of hydrogen-bond donors (Lipinski definition) is 1. The molecule has 2 atom stereocenters. The van der Waals surface area contributed by atoms with E-state index >= 15 is 0 Å². The Morgan fingerprint density at radius 2 is 2.03 bits per heavy atom. The lowest BCUT2D eigenvalue weighted by Crippen LogP contribution is -2.34. The Labute approximate surface area is 173 Å². The standard InChI is InChI=1S/C23H22FN5O/c1-15-8-16(14-29(15)23(30)17-2-4-21(24)5-3-17)13-28-7-6-18-9-19(10-25-22(18)28)20-11-26-27-12-20/h2-7,9-12,15-16H,8,13-14H2,1H3,(H,26,27)/t15-,16+/m1/s1. The molecule has 3 aromatic heterocycles. The number of carbonyl (C=O) groups is 1. The van der Waals surface area contributed by atoms with Gasteiger partial charge in [-0.05, 0) is 55.7 Å². The number of nitrogens with one attached hydrogen (secondary N) is 1. The van der Waals surface area contributed by atoms with Crippen LogP contribution in [0.25, 0.3) is 22.2 Å². The van der Waals surface area contributed by atoms with Gasteiger partial charge < -0.3 is 9.47 Å². The number of amides is 1. The molecule has 0 bridgehead atoms. The van der Waals surface area contributed by atoms with Crippen molar-refractivity contribution >= 4 is 16.9 Å². The molecule has 1 aliphatic heterocycles. The monoisotopic (exact) mass is 403 g/mol. The Morgan fingerprint density at radius 1 is 1.20 bits per heavy atom. The lowest BCUT2D eigenvalue weighted by Gasteiger charge is -2.21. The molecule has 0 saturated carbocycles. The van der Waals surface area contributed by atoms with Crippen molar-refractivity contribution in [2.24, 2.45) is 5.92 Å². The van der Waals surface area contributed by atoms with Gasteiger partial charge in [0, 0.05) is 59.8 Å². The summed E-state index contributed by atoms with van der Waals surface area (Å²) in [7, 11) is 0. The van der Waals surface area contributed by atoms with Gasteiger partial charge in [-0.25, -0.2) is 9.37 Å². The minimum atomic E-state index is -0.332. The number of aromatic nitrogens is 4. The van der Waals surface area contributed by atoms with Crippen molar-refractivity contribution in [3.63, 3.8) is 0 Å². The summed E-state index contributed by atoms with van der Waals surface area (Å²) in [6.07, 6.45) is 8.50. The summed E-state index contributed by atoms with van der Waals surface area (Å²) < 4.78 is 15.3. The number of pyridine rings is 1. The predicted molar refractivity (Wildman–Crippen MR) is 112 cm³/mol. The van der Waals surface area contributed by atoms with Gasteiger partial charge in [-0.1, -0.05) is 0 Å². The molecule has 1 fully saturated rings. The molecule has 0 spiro atoms. The van der Waals surface area contributed by atoms with E-state index in [1.165, 1.54) is 12.1 Å². The fraction of sp³-hybridized carbons (Fsp3) is 0.261. The SMILES string of the molecule is C[C@@H]1C[C@@H](Cn2ccc3cc(-c4cn[nH]c4)cnc32)CN1C(=O)c1ccc(F)cc1. The molecule has 1 aliphatic rings. The highest BCUT2D eigenvalue weighted by atomic mass is 19.1. The van der Waals surface area contributed by atoms with Crippen LogP contribution in [0.2, 0.25) is 0 Å². The van der Waals surface area contributed by atoms with Gasteiger partial charge in [0.05, 0.1) is 6.20 Å². The van der Waals surface area contributed by atoms with Crippen LogP contribution in [0.5, 0.6) is 0 Å². The Kier molecular flexibility index (Phi) is 4.58. The molecule has 0 aliphatic carbocycles. The van der Waals surface area contributed by atoms with Crippen LogP contribution in [0.4, 0.5) is 4.39 Å². The highest BCUT2D eigenvalue weighted by Crippen LogP contribution is 2.28. The average Bonchev–Trinajstić information content (AvgIpc) is 3.49. The van der Waals surface area contributed by atoms with E-state index in [9.17, 15) is 9.18 Å². The van der Waals surface area contributed by atoms with Gasteiger partial charge in [0.15, 0.2) is 0 Å². The number of halogens is 1. The molecule has 1 aromatic carbocycles. The van der Waals surface area contributed by atoms with Crippen molar-refractivity contribution in [1.82, 2.24) is 24.6 Å². The number of aromatic amines is 1. The van der Waals surface area contributed by atoms with Gasteiger partial charge in [0.1, 0.15) is 11.5 Å². The number of likely N-dealkylation sites (tertiary alicyclic amines) is 1. The van der Waals surface area contributed by atoms with Crippen molar-refractivity contribution in [3.8, 4) is 11.1 Å². The Bertz CT molecular complexity index is 1180. The van der Waals surface area contributed by atoms with E-state index in [1.807, 2.05) is 17.3 Å². The molecule has 6 nitrogen and oxygen atoms in total. The molecular formula is C23H22FN5O. The summed E-state index contributed by atoms with van der Waals surface area (Å²) in [5.41, 5.74) is 3.51. The van der Waals surface area contributed by atoms with Crippen molar-refractivity contribution in [3.05, 3.63) is 72.6 Å². The zero-order valence-corrected chi connectivity index (χ0v) is 16.6. The Balaban J connectivity index is 1.32. The molecule has 30 heavy (non-hydrogen) atoms. The second-order valence-corrected chi connectivity index (χ2v) is 8.01. The molecule has 4 aromatic rings. The van der Waals surface area contributed by atoms with Gasteiger partial charge in [-0.15, -0.1) is 0 Å². The van der Waals surface area contributed by atoms with Crippen LogP contribution < -0.4 is 0 Å². The summed E-state index contributed by atoms with van der Waals surface area (Å²) in [4.78, 5) is 19.4. The van der Waals surface area contributed by atoms with E-state index in [4.69, 9.17) is 0 Å². The maximum absolute atomic E-state index is 13.2. The minimum Gasteiger partial charge on any atom is -0.336 e. The minimum absolute atomic E-state index is 0.0368. The second kappa shape index (κ2) is 7.40. The summed E-state index contributed by atoms with van der Waals surface area (Å²) >= 11 is 0. The number of hydrogen-bond acceptors (Lipinski definition) is 3. The fourth-order valence-corrected chi connectivity index (χ4v) is 4.39. The molecule has 1 N–H and O–H groups in total. The topological polar surface area (TPSA) is 66.8 Å². The molecule has 5 rings (SSSR count). The van der Waals surface area contributed by atoms with Crippen LogP contribution in [-0.4, -0.2) is 43.1 Å². The third-order valence-electron chi connectivity index (χ3n) is 5.90. The number of H-pyrrole nitrogens is 1. The van der Waals surface area contributed by atoms with Gasteiger partial charge in [0.25, 0.3) is 5.91 Å². The summed E-state index contributed by atoms with van der Waals surface area (Å²) in [6.45, 7) is 3.56. The lowest BCUT2D eigenvalue weighted by molar-refractivity contribution is 0.0742. The fourth-order valence-electron chi connectivity index (χ4n) is 4.39. The van der Waals surface area contributed by atoms with Crippen molar-refractivity contribution in [2.45, 2.75) is 25.9 Å². The van der Waals surface area contributed by atoms with Crippen LogP contribution in [0.1, 0.15) is 23.7 Å². The van der Waals surface area contributed by atoms with E-state index in [0.29, 0.717) is 18.0 Å². The molecule has 152 valence electrons. The third-order valence-corrected chi connectivity index (χ3v) is 5.90. The van der Waals surface area contributed by atoms with Gasteiger partial charge in [0.2, 0.25) is 0 Å². The van der Waals surface area contributed by atoms with Crippen LogP contribution in [0.3, 0.4) is 0 Å². The molecular weight excluding hydrogens is 381 g/mol. The van der Waals surface area contributed by atoms with E-state index < -0.39 is 0 Å². The van der Waals surface area contributed by atoms with Crippen LogP contribution in [-0.2, 0) is 6.54 Å². The second-order valence-electron chi connectivity index (χ2n) is 8.01. The lowest BCUT2D eigenvalue weighted by atomic mass is 10.1. The Hall–Kier alpha value is -3.48. The third kappa shape index (κ3) is 3.36. The van der Waals surface area contributed by atoms with Crippen molar-refractivity contribution in [1.29, 1.82) is 0 Å². The van der Waals surface area contributed by atoms with Gasteiger partial charge in [-0.3, -0.25) is 9.89 Å². The van der Waals surface area contributed by atoms with E-state index in [1.54, 1.807) is 18.3 Å². The number of rotatable bonds is 4. The first-order valence-corrected chi connectivity index (χ1v) is 10.1. The number of benzene rings is 1. The Morgan fingerprint density at radius 3 is 2.80 bits per heavy atom. The molecule has 0 unspecified atom stereocenters. The zero-order valence-electron chi connectivity index (χ0n) is 16.6. The quantitative estimate of drug-likeness (QED) is 0.557. The van der Waals surface area contributed by atoms with Gasteiger partial charge in [-0.2, -0.15) is 5.10 Å². The van der Waals surface area contributed by atoms with E-state index in [-0.39, 0.29) is 17.8 Å². The number of carbonyl (C=O) groups excluding carboxylic acids is 1. The normalized spacial score (nSPS) is 18.9. The highest BCUT2D eigenvalue weighted by Gasteiger charge is 2.33. The summed E-state index contributed by atoms with van der Waals surface area (Å²) in [6, 6.07) is 10.1. The van der Waals surface area contributed by atoms with Crippen LogP contribution in [0.15, 0.2) is 61.2 Å². The van der Waals surface area contributed by atoms with Gasteiger partial charge >= 0.3 is 0 Å². The highest BCUT2D eigenvalue weighted by molar-refractivity contribution is 5.94. The van der Waals surface area contributed by atoms with Crippen LogP contribution >= 0.6 is 0 Å². The molecule has 7 heteroatoms. The molecule has 0 radical (unpaired) electrons. The van der Waals surface area contributed by atoms with E-state index in [2.05, 4.69) is 45.0 Å². The van der Waals surface area contributed by atoms with Crippen molar-refractivity contribution < 1.29 is 9.18 Å². The average molecular weight is 403 g/mol. The maximum atomic E-state index is 13.2.